The number of allylic oxidation sites excluding steroid dienone is 1. The third kappa shape index (κ3) is 4.53. The summed E-state index contributed by atoms with van der Waals surface area (Å²) in [5.41, 5.74) is 3.62. The van der Waals surface area contributed by atoms with Crippen molar-refractivity contribution in [3.05, 3.63) is 90.0 Å². The van der Waals surface area contributed by atoms with Crippen LogP contribution in [0, 0.1) is 0 Å². The van der Waals surface area contributed by atoms with Gasteiger partial charge in [0.2, 0.25) is 5.95 Å². The smallest absolute Gasteiger partial charge is 0.278 e. The number of likely N-dealkylation sites (N-methyl/N-ethyl adjacent to an activating group) is 1. The molecule has 2 bridgehead atoms. The average Bonchev–Trinajstić information content (AvgIpc) is 3.43. The topological polar surface area (TPSA) is 110 Å². The summed E-state index contributed by atoms with van der Waals surface area (Å²) >= 11 is 0. The molecule has 11 heteroatoms. The maximum atomic E-state index is 13.3. The van der Waals surface area contributed by atoms with Crippen molar-refractivity contribution in [2.24, 2.45) is 0 Å². The molecule has 6 heterocycles. The predicted molar refractivity (Wildman–Crippen MR) is 159 cm³/mol. The Morgan fingerprint density at radius 2 is 1.78 bits per heavy atom. The van der Waals surface area contributed by atoms with Crippen LogP contribution in [0.15, 0.2) is 84.4 Å². The maximum absolute atomic E-state index is 13.3. The quantitative estimate of drug-likeness (QED) is 0.306. The van der Waals surface area contributed by atoms with E-state index in [1.807, 2.05) is 30.3 Å². The number of nitrogens with one attached hydrogen (secondary N) is 1. The molecule has 2 unspecified atom stereocenters. The Morgan fingerprint density at radius 3 is 2.51 bits per heavy atom. The van der Waals surface area contributed by atoms with Crippen molar-refractivity contribution in [3.8, 4) is 17.2 Å². The molecule has 2 atom stereocenters. The molecule has 0 radical (unpaired) electrons. The van der Waals surface area contributed by atoms with Gasteiger partial charge in [-0.25, -0.2) is 19.3 Å². The number of likely N-dealkylation sites (tertiary alicyclic amines) is 1. The van der Waals surface area contributed by atoms with Crippen LogP contribution in [0.3, 0.4) is 0 Å². The molecular formula is C30H30N10O. The Kier molecular flexibility index (Phi) is 6.27. The normalized spacial score (nSPS) is 18.6. The van der Waals surface area contributed by atoms with E-state index in [1.165, 1.54) is 18.5 Å². The van der Waals surface area contributed by atoms with E-state index in [2.05, 4.69) is 68.2 Å². The fourth-order valence-electron chi connectivity index (χ4n) is 6.11. The summed E-state index contributed by atoms with van der Waals surface area (Å²) < 4.78 is 3.26. The minimum Gasteiger partial charge on any atom is -0.363 e. The van der Waals surface area contributed by atoms with Gasteiger partial charge in [0.25, 0.3) is 5.56 Å². The van der Waals surface area contributed by atoms with E-state index in [0.29, 0.717) is 46.3 Å². The lowest BCUT2D eigenvalue weighted by Crippen LogP contribution is -2.52. The van der Waals surface area contributed by atoms with Crippen molar-refractivity contribution >= 4 is 28.4 Å². The summed E-state index contributed by atoms with van der Waals surface area (Å²) in [6.07, 6.45) is 7.33. The van der Waals surface area contributed by atoms with Crippen molar-refractivity contribution < 1.29 is 0 Å². The lowest BCUT2D eigenvalue weighted by atomic mass is 10.1. The summed E-state index contributed by atoms with van der Waals surface area (Å²) in [5, 5.41) is 11.8. The molecule has 1 N–H and O–H groups in total. The summed E-state index contributed by atoms with van der Waals surface area (Å²) in [4.78, 5) is 32.4. The molecule has 2 aliphatic rings. The Balaban J connectivity index is 1.22. The van der Waals surface area contributed by atoms with E-state index < -0.39 is 0 Å². The summed E-state index contributed by atoms with van der Waals surface area (Å²) in [7, 11) is 2.21. The van der Waals surface area contributed by atoms with Gasteiger partial charge >= 0.3 is 0 Å². The third-order valence-corrected chi connectivity index (χ3v) is 7.85. The van der Waals surface area contributed by atoms with E-state index >= 15 is 0 Å². The van der Waals surface area contributed by atoms with Crippen LogP contribution < -0.4 is 15.8 Å². The second kappa shape index (κ2) is 10.3. The molecule has 2 fully saturated rings. The zero-order valence-corrected chi connectivity index (χ0v) is 22.8. The molecule has 41 heavy (non-hydrogen) atoms. The molecule has 2 saturated heterocycles. The largest absolute Gasteiger partial charge is 0.363 e. The predicted octanol–water partition coefficient (Wildman–Crippen LogP) is 3.65. The number of hydrogen-bond donors (Lipinski definition) is 1. The lowest BCUT2D eigenvalue weighted by molar-refractivity contribution is 0.265. The van der Waals surface area contributed by atoms with Gasteiger partial charge in [0.15, 0.2) is 11.5 Å². The standard InChI is InChI=1S/C30H30N10O/c1-3-16-38-29(41)24-17-31-30(33-20-9-11-21(12-10-20)39-22-13-14-23(39)19-37(2)18-22)35-28(24)40(38)27-8-4-6-25(34-27)26-7-5-15-32-36-26/h3-12,15,17,22-23H,1,13-14,16,18-19H2,2H3,(H,31,33,35). The highest BCUT2D eigenvalue weighted by atomic mass is 16.1. The number of nitrogens with zero attached hydrogens (tertiary/aromatic N) is 9. The van der Waals surface area contributed by atoms with Crippen LogP contribution in [0.5, 0.6) is 0 Å². The first-order valence-electron chi connectivity index (χ1n) is 13.8. The van der Waals surface area contributed by atoms with Gasteiger partial charge in [-0.2, -0.15) is 10.1 Å². The minimum atomic E-state index is -0.218. The number of aromatic nitrogens is 7. The van der Waals surface area contributed by atoms with Crippen molar-refractivity contribution in [1.82, 2.24) is 39.4 Å². The first-order chi connectivity index (χ1) is 20.1. The van der Waals surface area contributed by atoms with E-state index in [4.69, 9.17) is 9.97 Å². The molecular weight excluding hydrogens is 516 g/mol. The maximum Gasteiger partial charge on any atom is 0.278 e. The second-order valence-electron chi connectivity index (χ2n) is 10.6. The number of benzene rings is 1. The van der Waals surface area contributed by atoms with Gasteiger partial charge < -0.3 is 15.1 Å². The highest BCUT2D eigenvalue weighted by Gasteiger charge is 2.38. The lowest BCUT2D eigenvalue weighted by Gasteiger charge is -2.41. The fraction of sp³-hybridized carbons (Fsp3) is 0.267. The first kappa shape index (κ1) is 25.1. The van der Waals surface area contributed by atoms with Gasteiger partial charge in [0, 0.05) is 48.9 Å². The molecule has 4 aromatic heterocycles. The van der Waals surface area contributed by atoms with E-state index in [9.17, 15) is 4.79 Å². The molecule has 0 aliphatic carbocycles. The van der Waals surface area contributed by atoms with Gasteiger partial charge in [-0.15, -0.1) is 11.7 Å². The fourth-order valence-corrected chi connectivity index (χ4v) is 6.11. The monoisotopic (exact) mass is 546 g/mol. The van der Waals surface area contributed by atoms with E-state index in [-0.39, 0.29) is 12.1 Å². The Labute approximate surface area is 236 Å². The van der Waals surface area contributed by atoms with Crippen molar-refractivity contribution in [2.45, 2.75) is 31.5 Å². The highest BCUT2D eigenvalue weighted by molar-refractivity contribution is 5.77. The molecule has 0 amide bonds. The summed E-state index contributed by atoms with van der Waals surface area (Å²) in [6, 6.07) is 18.8. The molecule has 0 saturated carbocycles. The zero-order chi connectivity index (χ0) is 27.9. The van der Waals surface area contributed by atoms with Crippen LogP contribution in [0.1, 0.15) is 12.8 Å². The van der Waals surface area contributed by atoms with Gasteiger partial charge in [0.1, 0.15) is 11.1 Å². The molecule has 1 aromatic carbocycles. The van der Waals surface area contributed by atoms with Crippen LogP contribution in [-0.2, 0) is 6.54 Å². The average molecular weight is 547 g/mol. The number of anilines is 3. The number of piperazine rings is 1. The third-order valence-electron chi connectivity index (χ3n) is 7.85. The van der Waals surface area contributed by atoms with Crippen LogP contribution in [0.4, 0.5) is 17.3 Å². The van der Waals surface area contributed by atoms with Crippen molar-refractivity contribution in [3.63, 3.8) is 0 Å². The molecule has 206 valence electrons. The van der Waals surface area contributed by atoms with Crippen LogP contribution >= 0.6 is 0 Å². The SMILES string of the molecule is C=CCn1c(=O)c2cnc(Nc3ccc(N4C5CCC4CN(C)C5)cc3)nc2n1-c1cccc(-c2cccnn2)n1. The van der Waals surface area contributed by atoms with Crippen molar-refractivity contribution in [1.29, 1.82) is 0 Å². The molecule has 7 rings (SSSR count). The number of rotatable bonds is 7. The van der Waals surface area contributed by atoms with Gasteiger partial charge in [-0.3, -0.25) is 4.79 Å². The number of fused-ring (bicyclic) bond motifs is 3. The number of hydrogen-bond acceptors (Lipinski definition) is 9. The molecule has 5 aromatic rings. The first-order valence-corrected chi connectivity index (χ1v) is 13.8. The summed E-state index contributed by atoms with van der Waals surface area (Å²) in [5.74, 6) is 0.914. The number of pyridine rings is 1. The molecule has 0 spiro atoms. The van der Waals surface area contributed by atoms with Crippen LogP contribution in [0.2, 0.25) is 0 Å². The van der Waals surface area contributed by atoms with Crippen LogP contribution in [-0.4, -0.2) is 71.6 Å². The Morgan fingerprint density at radius 1 is 1.00 bits per heavy atom. The Hall–Kier alpha value is -4.90. The van der Waals surface area contributed by atoms with E-state index in [0.717, 1.165) is 18.8 Å². The zero-order valence-electron chi connectivity index (χ0n) is 22.8. The molecule has 2 aliphatic heterocycles. The Bertz CT molecular complexity index is 1770. The second-order valence-corrected chi connectivity index (χ2v) is 10.6. The minimum absolute atomic E-state index is 0.218. The summed E-state index contributed by atoms with van der Waals surface area (Å²) in [6.45, 7) is 6.33. The van der Waals surface area contributed by atoms with Gasteiger partial charge in [0.05, 0.1) is 12.2 Å². The highest BCUT2D eigenvalue weighted by Crippen LogP contribution is 2.35. The van der Waals surface area contributed by atoms with Crippen molar-refractivity contribution in [2.75, 3.05) is 30.4 Å². The van der Waals surface area contributed by atoms with Gasteiger partial charge in [-0.05, 0) is 68.4 Å². The molecule has 11 nitrogen and oxygen atoms in total. The van der Waals surface area contributed by atoms with E-state index in [1.54, 1.807) is 27.8 Å². The van der Waals surface area contributed by atoms with Crippen LogP contribution in [0.25, 0.3) is 28.2 Å². The van der Waals surface area contributed by atoms with Gasteiger partial charge in [-0.1, -0.05) is 12.1 Å².